The zero-order chi connectivity index (χ0) is 19.7. The fourth-order valence-electron chi connectivity index (χ4n) is 3.28. The third kappa shape index (κ3) is 3.17. The lowest BCUT2D eigenvalue weighted by Gasteiger charge is -2.07. The van der Waals surface area contributed by atoms with Crippen LogP contribution < -0.4 is 10.5 Å². The first-order valence-corrected chi connectivity index (χ1v) is 9.35. The minimum Gasteiger partial charge on any atom is -0.493 e. The molecule has 0 fully saturated rings. The topological polar surface area (TPSA) is 78.8 Å². The number of nitrogens with zero attached hydrogens (tertiary/aromatic N) is 4. The molecular formula is C22H23N5O. The lowest BCUT2D eigenvalue weighted by Crippen LogP contribution is -2.04. The molecule has 28 heavy (non-hydrogen) atoms. The standard InChI is InChI=1S/C22H23N5O/c1-4-5-10-28-18-9-8-15-11-17(7-6-16(15)12-18)20-19-21(23)24-13-25-22(19)27(26-20)14(2)3/h4,6-9,11-14H,1,5,10H2,2-3H3,(H2,23,24,25). The Balaban J connectivity index is 1.79. The molecule has 2 aromatic heterocycles. The molecule has 0 saturated carbocycles. The van der Waals surface area contributed by atoms with E-state index in [2.05, 4.69) is 54.7 Å². The second kappa shape index (κ2) is 7.31. The van der Waals surface area contributed by atoms with Gasteiger partial charge in [-0.25, -0.2) is 14.6 Å². The summed E-state index contributed by atoms with van der Waals surface area (Å²) < 4.78 is 7.64. The first-order chi connectivity index (χ1) is 13.6. The van der Waals surface area contributed by atoms with Crippen LogP contribution in [0.5, 0.6) is 5.75 Å². The van der Waals surface area contributed by atoms with E-state index in [1.165, 1.54) is 6.33 Å². The quantitative estimate of drug-likeness (QED) is 0.389. The maximum atomic E-state index is 6.17. The highest BCUT2D eigenvalue weighted by atomic mass is 16.5. The smallest absolute Gasteiger partial charge is 0.164 e. The van der Waals surface area contributed by atoms with Crippen LogP contribution in [0.3, 0.4) is 0 Å². The first kappa shape index (κ1) is 18.0. The molecule has 0 aliphatic carbocycles. The molecule has 2 aromatic carbocycles. The summed E-state index contributed by atoms with van der Waals surface area (Å²) in [4.78, 5) is 8.57. The molecular weight excluding hydrogens is 350 g/mol. The Kier molecular flexibility index (Phi) is 4.69. The van der Waals surface area contributed by atoms with Crippen molar-refractivity contribution in [1.82, 2.24) is 19.7 Å². The van der Waals surface area contributed by atoms with Crippen LogP contribution in [0, 0.1) is 0 Å². The molecule has 0 aliphatic heterocycles. The van der Waals surface area contributed by atoms with E-state index < -0.39 is 0 Å². The molecule has 0 bridgehead atoms. The van der Waals surface area contributed by atoms with Gasteiger partial charge in [0.05, 0.1) is 12.0 Å². The molecule has 2 N–H and O–H groups in total. The number of nitrogens with two attached hydrogens (primary N) is 1. The van der Waals surface area contributed by atoms with E-state index in [0.717, 1.165) is 45.2 Å². The fraction of sp³-hybridized carbons (Fsp3) is 0.227. The minimum atomic E-state index is 0.168. The van der Waals surface area contributed by atoms with Gasteiger partial charge in [0.2, 0.25) is 0 Å². The predicted octanol–water partition coefficient (Wildman–Crippen LogP) is 4.76. The summed E-state index contributed by atoms with van der Waals surface area (Å²) in [5, 5.41) is 7.80. The second-order valence-corrected chi connectivity index (χ2v) is 6.99. The Bertz CT molecular complexity index is 1160. The summed E-state index contributed by atoms with van der Waals surface area (Å²) in [5.41, 5.74) is 8.71. The summed E-state index contributed by atoms with van der Waals surface area (Å²) in [6, 6.07) is 12.5. The molecule has 6 heteroatoms. The van der Waals surface area contributed by atoms with Gasteiger partial charge >= 0.3 is 0 Å². The van der Waals surface area contributed by atoms with Crippen molar-refractivity contribution in [3.8, 4) is 17.0 Å². The average molecular weight is 373 g/mol. The average Bonchev–Trinajstić information content (AvgIpc) is 3.09. The van der Waals surface area contributed by atoms with Crippen LogP contribution in [0.15, 0.2) is 55.4 Å². The van der Waals surface area contributed by atoms with Crippen molar-refractivity contribution in [2.45, 2.75) is 26.3 Å². The molecule has 4 rings (SSSR count). The minimum absolute atomic E-state index is 0.168. The van der Waals surface area contributed by atoms with Crippen molar-refractivity contribution < 1.29 is 4.74 Å². The summed E-state index contributed by atoms with van der Waals surface area (Å²) in [6.45, 7) is 8.49. The SMILES string of the molecule is C=CCCOc1ccc2cc(-c3nn(C(C)C)c4ncnc(N)c34)ccc2c1. The van der Waals surface area contributed by atoms with Crippen molar-refractivity contribution in [1.29, 1.82) is 0 Å². The summed E-state index contributed by atoms with van der Waals surface area (Å²) >= 11 is 0. The third-order valence-electron chi connectivity index (χ3n) is 4.68. The van der Waals surface area contributed by atoms with E-state index in [1.807, 2.05) is 22.9 Å². The van der Waals surface area contributed by atoms with E-state index in [1.54, 1.807) is 0 Å². The normalized spacial score (nSPS) is 11.4. The highest BCUT2D eigenvalue weighted by Crippen LogP contribution is 2.33. The number of hydrogen-bond donors (Lipinski definition) is 1. The highest BCUT2D eigenvalue weighted by Gasteiger charge is 2.18. The second-order valence-electron chi connectivity index (χ2n) is 6.99. The molecule has 0 radical (unpaired) electrons. The number of anilines is 1. The number of rotatable bonds is 6. The van der Waals surface area contributed by atoms with Crippen LogP contribution in [0.2, 0.25) is 0 Å². The molecule has 0 aliphatic rings. The third-order valence-corrected chi connectivity index (χ3v) is 4.68. The lowest BCUT2D eigenvalue weighted by molar-refractivity contribution is 0.325. The molecule has 0 saturated heterocycles. The Morgan fingerprint density at radius 2 is 1.93 bits per heavy atom. The van der Waals surface area contributed by atoms with Crippen molar-refractivity contribution >= 4 is 27.6 Å². The number of benzene rings is 2. The largest absolute Gasteiger partial charge is 0.493 e. The van der Waals surface area contributed by atoms with Crippen LogP contribution in [-0.2, 0) is 0 Å². The van der Waals surface area contributed by atoms with E-state index in [4.69, 9.17) is 15.6 Å². The predicted molar refractivity (Wildman–Crippen MR) is 113 cm³/mol. The number of ether oxygens (including phenoxy) is 1. The molecule has 0 unspecified atom stereocenters. The fourth-order valence-corrected chi connectivity index (χ4v) is 3.28. The van der Waals surface area contributed by atoms with Crippen LogP contribution >= 0.6 is 0 Å². The molecule has 0 atom stereocenters. The maximum Gasteiger partial charge on any atom is 0.164 e. The van der Waals surface area contributed by atoms with Gasteiger partial charge in [0, 0.05) is 11.6 Å². The summed E-state index contributed by atoms with van der Waals surface area (Å²) in [6.07, 6.45) is 4.16. The van der Waals surface area contributed by atoms with Gasteiger partial charge in [-0.1, -0.05) is 24.3 Å². The molecule has 4 aromatic rings. The Hall–Kier alpha value is -3.41. The van der Waals surface area contributed by atoms with E-state index in [-0.39, 0.29) is 6.04 Å². The highest BCUT2D eigenvalue weighted by molar-refractivity contribution is 6.00. The maximum absolute atomic E-state index is 6.17. The molecule has 142 valence electrons. The van der Waals surface area contributed by atoms with Crippen molar-refractivity contribution in [2.24, 2.45) is 0 Å². The van der Waals surface area contributed by atoms with Gasteiger partial charge in [-0.2, -0.15) is 5.10 Å². The van der Waals surface area contributed by atoms with Gasteiger partial charge in [0.25, 0.3) is 0 Å². The molecule has 6 nitrogen and oxygen atoms in total. The van der Waals surface area contributed by atoms with Crippen molar-refractivity contribution in [3.05, 3.63) is 55.4 Å². The summed E-state index contributed by atoms with van der Waals surface area (Å²) in [5.74, 6) is 1.30. The monoisotopic (exact) mass is 373 g/mol. The molecule has 2 heterocycles. The van der Waals surface area contributed by atoms with E-state index in [9.17, 15) is 0 Å². The van der Waals surface area contributed by atoms with Crippen LogP contribution in [0.4, 0.5) is 5.82 Å². The Morgan fingerprint density at radius 3 is 2.71 bits per heavy atom. The zero-order valence-corrected chi connectivity index (χ0v) is 16.1. The molecule has 0 amide bonds. The van der Waals surface area contributed by atoms with Gasteiger partial charge in [-0.05, 0) is 49.2 Å². The zero-order valence-electron chi connectivity index (χ0n) is 16.1. The van der Waals surface area contributed by atoms with Gasteiger partial charge in [-0.3, -0.25) is 0 Å². The van der Waals surface area contributed by atoms with Crippen LogP contribution in [0.1, 0.15) is 26.3 Å². The number of aromatic nitrogens is 4. The van der Waals surface area contributed by atoms with Gasteiger partial charge in [0.15, 0.2) is 5.65 Å². The lowest BCUT2D eigenvalue weighted by atomic mass is 10.0. The molecule has 0 spiro atoms. The van der Waals surface area contributed by atoms with Crippen LogP contribution in [-0.4, -0.2) is 26.4 Å². The number of hydrogen-bond acceptors (Lipinski definition) is 5. The van der Waals surface area contributed by atoms with Gasteiger partial charge < -0.3 is 10.5 Å². The van der Waals surface area contributed by atoms with Crippen molar-refractivity contribution in [3.63, 3.8) is 0 Å². The van der Waals surface area contributed by atoms with E-state index in [0.29, 0.717) is 12.4 Å². The van der Waals surface area contributed by atoms with Gasteiger partial charge in [0.1, 0.15) is 23.6 Å². The first-order valence-electron chi connectivity index (χ1n) is 9.35. The van der Waals surface area contributed by atoms with E-state index >= 15 is 0 Å². The van der Waals surface area contributed by atoms with Crippen LogP contribution in [0.25, 0.3) is 33.1 Å². The Labute approximate surface area is 163 Å². The van der Waals surface area contributed by atoms with Crippen molar-refractivity contribution in [2.75, 3.05) is 12.3 Å². The summed E-state index contributed by atoms with van der Waals surface area (Å²) in [7, 11) is 0. The number of fused-ring (bicyclic) bond motifs is 2. The number of nitrogen functional groups attached to an aromatic ring is 1. The van der Waals surface area contributed by atoms with Gasteiger partial charge in [-0.15, -0.1) is 6.58 Å². The Morgan fingerprint density at radius 1 is 1.14 bits per heavy atom.